The van der Waals surface area contributed by atoms with E-state index in [1.54, 1.807) is 6.20 Å². The lowest BCUT2D eigenvalue weighted by molar-refractivity contribution is -0.138. The summed E-state index contributed by atoms with van der Waals surface area (Å²) in [5.74, 6) is -1.25. The second-order valence-electron chi connectivity index (χ2n) is 5.13. The molecule has 0 saturated carbocycles. The van der Waals surface area contributed by atoms with Crippen LogP contribution in [0.3, 0.4) is 0 Å². The number of pyridine rings is 1. The molecule has 3 rings (SSSR count). The number of nitrogens with zero attached hydrogens (tertiary/aromatic N) is 2. The molecule has 0 aliphatic carbocycles. The SMILES string of the molecule is Cc1cc(N2Cc3ccccc3C(C(=O)O)C2)ccn1. The molecule has 0 bridgehead atoms. The average molecular weight is 268 g/mol. The van der Waals surface area contributed by atoms with Crippen LogP contribution >= 0.6 is 0 Å². The van der Waals surface area contributed by atoms with Crippen molar-refractivity contribution >= 4 is 11.7 Å². The molecule has 1 atom stereocenters. The third-order valence-corrected chi connectivity index (χ3v) is 3.74. The quantitative estimate of drug-likeness (QED) is 0.909. The number of fused-ring (bicyclic) bond motifs is 1. The number of aliphatic carboxylic acids is 1. The Morgan fingerprint density at radius 1 is 1.35 bits per heavy atom. The molecule has 0 fully saturated rings. The summed E-state index contributed by atoms with van der Waals surface area (Å²) in [5.41, 5.74) is 3.98. The van der Waals surface area contributed by atoms with E-state index in [2.05, 4.69) is 9.88 Å². The molecule has 4 nitrogen and oxygen atoms in total. The third-order valence-electron chi connectivity index (χ3n) is 3.74. The van der Waals surface area contributed by atoms with E-state index in [-0.39, 0.29) is 0 Å². The van der Waals surface area contributed by atoms with E-state index in [4.69, 9.17) is 0 Å². The lowest BCUT2D eigenvalue weighted by atomic mass is 9.89. The van der Waals surface area contributed by atoms with E-state index < -0.39 is 11.9 Å². The Kier molecular flexibility index (Phi) is 3.14. The van der Waals surface area contributed by atoms with Crippen LogP contribution < -0.4 is 4.90 Å². The van der Waals surface area contributed by atoms with Crippen molar-refractivity contribution in [3.63, 3.8) is 0 Å². The van der Waals surface area contributed by atoms with Crippen LogP contribution in [-0.4, -0.2) is 22.6 Å². The highest BCUT2D eigenvalue weighted by Gasteiger charge is 2.30. The highest BCUT2D eigenvalue weighted by molar-refractivity contribution is 5.78. The predicted octanol–water partition coefficient (Wildman–Crippen LogP) is 2.58. The topological polar surface area (TPSA) is 53.4 Å². The first kappa shape index (κ1) is 12.7. The molecule has 1 aliphatic rings. The zero-order valence-corrected chi connectivity index (χ0v) is 11.3. The van der Waals surface area contributed by atoms with Gasteiger partial charge in [-0.2, -0.15) is 0 Å². The van der Waals surface area contributed by atoms with E-state index in [1.165, 1.54) is 0 Å². The number of hydrogen-bond acceptors (Lipinski definition) is 3. The lowest BCUT2D eigenvalue weighted by Gasteiger charge is -2.34. The van der Waals surface area contributed by atoms with E-state index >= 15 is 0 Å². The van der Waals surface area contributed by atoms with Gasteiger partial charge in [0.1, 0.15) is 0 Å². The van der Waals surface area contributed by atoms with Gasteiger partial charge in [0, 0.05) is 30.7 Å². The van der Waals surface area contributed by atoms with Crippen LogP contribution in [0, 0.1) is 6.92 Å². The predicted molar refractivity (Wildman–Crippen MR) is 76.8 cm³/mol. The van der Waals surface area contributed by atoms with Crippen LogP contribution in [0.2, 0.25) is 0 Å². The van der Waals surface area contributed by atoms with Gasteiger partial charge in [-0.1, -0.05) is 24.3 Å². The Balaban J connectivity index is 2.00. The lowest BCUT2D eigenvalue weighted by Crippen LogP contribution is -2.36. The fourth-order valence-corrected chi connectivity index (χ4v) is 2.74. The van der Waals surface area contributed by atoms with E-state index in [1.807, 2.05) is 43.3 Å². The number of aryl methyl sites for hydroxylation is 1. The largest absolute Gasteiger partial charge is 0.481 e. The van der Waals surface area contributed by atoms with Gasteiger partial charge < -0.3 is 10.0 Å². The monoisotopic (exact) mass is 268 g/mol. The normalized spacial score (nSPS) is 17.6. The Bertz CT molecular complexity index is 654. The maximum absolute atomic E-state index is 11.5. The Labute approximate surface area is 117 Å². The standard InChI is InChI=1S/C16H16N2O2/c1-11-8-13(6-7-17-11)18-9-12-4-2-3-5-14(12)15(10-18)16(19)20/h2-8,15H,9-10H2,1H3,(H,19,20). The van der Waals surface area contributed by atoms with Crippen molar-refractivity contribution in [1.82, 2.24) is 4.98 Å². The second kappa shape index (κ2) is 4.96. The number of carbonyl (C=O) groups is 1. The van der Waals surface area contributed by atoms with Gasteiger partial charge in [-0.3, -0.25) is 9.78 Å². The molecule has 0 spiro atoms. The van der Waals surface area contributed by atoms with Gasteiger partial charge in [0.05, 0.1) is 5.92 Å². The molecule has 1 aromatic carbocycles. The minimum absolute atomic E-state index is 0.478. The zero-order valence-electron chi connectivity index (χ0n) is 11.3. The molecule has 0 saturated heterocycles. The molecule has 1 aliphatic heterocycles. The number of aromatic nitrogens is 1. The molecule has 0 radical (unpaired) electrons. The molecule has 1 aromatic heterocycles. The average Bonchev–Trinajstić information content (AvgIpc) is 2.46. The molecule has 0 amide bonds. The fourth-order valence-electron chi connectivity index (χ4n) is 2.74. The van der Waals surface area contributed by atoms with Crippen molar-refractivity contribution in [2.45, 2.75) is 19.4 Å². The fraction of sp³-hybridized carbons (Fsp3) is 0.250. The summed E-state index contributed by atoms with van der Waals surface area (Å²) in [4.78, 5) is 17.8. The van der Waals surface area contributed by atoms with Crippen molar-refractivity contribution in [2.24, 2.45) is 0 Å². The summed E-state index contributed by atoms with van der Waals surface area (Å²) < 4.78 is 0. The summed E-state index contributed by atoms with van der Waals surface area (Å²) >= 11 is 0. The highest BCUT2D eigenvalue weighted by atomic mass is 16.4. The second-order valence-corrected chi connectivity index (χ2v) is 5.13. The third kappa shape index (κ3) is 2.25. The van der Waals surface area contributed by atoms with Crippen molar-refractivity contribution < 1.29 is 9.90 Å². The summed E-state index contributed by atoms with van der Waals surface area (Å²) in [6.45, 7) is 3.18. The number of rotatable bonds is 2. The van der Waals surface area contributed by atoms with Gasteiger partial charge in [-0.25, -0.2) is 0 Å². The van der Waals surface area contributed by atoms with Crippen LogP contribution in [0.25, 0.3) is 0 Å². The number of hydrogen-bond donors (Lipinski definition) is 1. The first-order chi connectivity index (χ1) is 9.65. The van der Waals surface area contributed by atoms with Gasteiger partial charge in [0.25, 0.3) is 0 Å². The van der Waals surface area contributed by atoms with Crippen molar-refractivity contribution in [1.29, 1.82) is 0 Å². The molecular weight excluding hydrogens is 252 g/mol. The van der Waals surface area contributed by atoms with Gasteiger partial charge >= 0.3 is 5.97 Å². The molecule has 1 unspecified atom stereocenters. The molecular formula is C16H16N2O2. The first-order valence-corrected chi connectivity index (χ1v) is 6.63. The Morgan fingerprint density at radius 3 is 2.90 bits per heavy atom. The maximum Gasteiger partial charge on any atom is 0.312 e. The number of carboxylic acids is 1. The maximum atomic E-state index is 11.5. The number of carboxylic acid groups (broad SMARTS) is 1. The minimum atomic E-state index is -0.770. The highest BCUT2D eigenvalue weighted by Crippen LogP contribution is 2.31. The summed E-state index contributed by atoms with van der Waals surface area (Å²) in [5, 5.41) is 9.47. The van der Waals surface area contributed by atoms with Crippen LogP contribution in [-0.2, 0) is 11.3 Å². The smallest absolute Gasteiger partial charge is 0.312 e. The summed E-state index contributed by atoms with van der Waals surface area (Å²) in [6, 6.07) is 11.7. The van der Waals surface area contributed by atoms with Crippen molar-refractivity contribution in [3.8, 4) is 0 Å². The van der Waals surface area contributed by atoms with Crippen molar-refractivity contribution in [3.05, 3.63) is 59.4 Å². The van der Waals surface area contributed by atoms with Crippen LogP contribution in [0.1, 0.15) is 22.7 Å². The summed E-state index contributed by atoms with van der Waals surface area (Å²) in [6.07, 6.45) is 1.76. The van der Waals surface area contributed by atoms with Gasteiger partial charge in [0.15, 0.2) is 0 Å². The number of anilines is 1. The van der Waals surface area contributed by atoms with E-state index in [0.29, 0.717) is 6.54 Å². The Hall–Kier alpha value is -2.36. The van der Waals surface area contributed by atoms with E-state index in [9.17, 15) is 9.90 Å². The molecule has 4 heteroatoms. The minimum Gasteiger partial charge on any atom is -0.481 e. The molecule has 102 valence electrons. The van der Waals surface area contributed by atoms with Crippen molar-refractivity contribution in [2.75, 3.05) is 11.4 Å². The van der Waals surface area contributed by atoms with Gasteiger partial charge in [-0.05, 0) is 30.2 Å². The molecule has 20 heavy (non-hydrogen) atoms. The molecule has 1 N–H and O–H groups in total. The Morgan fingerprint density at radius 2 is 2.15 bits per heavy atom. The van der Waals surface area contributed by atoms with Crippen LogP contribution in [0.5, 0.6) is 0 Å². The van der Waals surface area contributed by atoms with Gasteiger partial charge in [-0.15, -0.1) is 0 Å². The van der Waals surface area contributed by atoms with Crippen LogP contribution in [0.15, 0.2) is 42.6 Å². The zero-order chi connectivity index (χ0) is 14.1. The molecule has 2 heterocycles. The van der Waals surface area contributed by atoms with Gasteiger partial charge in [0.2, 0.25) is 0 Å². The molecule has 2 aromatic rings. The van der Waals surface area contributed by atoms with Crippen LogP contribution in [0.4, 0.5) is 5.69 Å². The first-order valence-electron chi connectivity index (χ1n) is 6.63. The van der Waals surface area contributed by atoms with E-state index in [0.717, 1.165) is 29.1 Å². The summed E-state index contributed by atoms with van der Waals surface area (Å²) in [7, 11) is 0. The number of benzene rings is 1.